The van der Waals surface area contributed by atoms with Gasteiger partial charge in [-0.15, -0.1) is 54.1 Å². The van der Waals surface area contributed by atoms with E-state index in [1.54, 1.807) is 0 Å². The summed E-state index contributed by atoms with van der Waals surface area (Å²) in [5, 5.41) is 4.01. The molecule has 0 amide bonds. The SMILES string of the molecule is CC(C)Cc1cc(-c2[c-]cccc2)ncc1[Si](C)(C)C.CC(C)c1cccc(C(C)C)c1-n1c(-c2[c-]ccc3c2sc2ccc(-c4ccc(-c5ccccc5)cc4)cc23)nc2ccccc21.[Ir]. The maximum absolute atomic E-state index is 5.32. The molecule has 6 heteroatoms. The number of thiophene rings is 1. The first-order chi connectivity index (χ1) is 31.9. The minimum atomic E-state index is -1.34. The Morgan fingerprint density at radius 2 is 1.25 bits per heavy atom. The van der Waals surface area contributed by atoms with Gasteiger partial charge in [0.05, 0.1) is 24.9 Å². The van der Waals surface area contributed by atoms with Crippen molar-refractivity contribution < 1.29 is 20.1 Å². The van der Waals surface area contributed by atoms with Crippen molar-refractivity contribution in [2.75, 3.05) is 0 Å². The van der Waals surface area contributed by atoms with E-state index in [0.717, 1.165) is 40.1 Å². The van der Waals surface area contributed by atoms with Gasteiger partial charge in [-0.2, -0.15) is 11.3 Å². The quantitative estimate of drug-likeness (QED) is 0.101. The predicted molar refractivity (Wildman–Crippen MR) is 287 cm³/mol. The number of pyridine rings is 1. The fourth-order valence-electron chi connectivity index (χ4n) is 9.24. The maximum Gasteiger partial charge on any atom is 0.0798 e. The first kappa shape index (κ1) is 47.7. The van der Waals surface area contributed by atoms with Gasteiger partial charge < -0.3 is 9.55 Å². The van der Waals surface area contributed by atoms with Crippen LogP contribution in [0.3, 0.4) is 0 Å². The Morgan fingerprint density at radius 3 is 1.91 bits per heavy atom. The first-order valence-electron chi connectivity index (χ1n) is 23.5. The fraction of sp³-hybridized carbons (Fsp3) is 0.213. The summed E-state index contributed by atoms with van der Waals surface area (Å²) >= 11 is 1.84. The van der Waals surface area contributed by atoms with Crippen LogP contribution >= 0.6 is 11.3 Å². The zero-order chi connectivity index (χ0) is 46.1. The van der Waals surface area contributed by atoms with Crippen LogP contribution < -0.4 is 5.19 Å². The van der Waals surface area contributed by atoms with Crippen LogP contribution in [0.5, 0.6) is 0 Å². The molecule has 3 heterocycles. The van der Waals surface area contributed by atoms with Gasteiger partial charge in [0.1, 0.15) is 0 Å². The molecule has 0 unspecified atom stereocenters. The molecule has 0 saturated heterocycles. The Hall–Kier alpha value is -5.75. The molecule has 0 aliphatic heterocycles. The molecule has 0 bridgehead atoms. The Balaban J connectivity index is 0.000000244. The number of hydrogen-bond acceptors (Lipinski definition) is 3. The number of benzene rings is 7. The van der Waals surface area contributed by atoms with Gasteiger partial charge in [0.2, 0.25) is 0 Å². The molecule has 0 aliphatic carbocycles. The van der Waals surface area contributed by atoms with Crippen LogP contribution in [0, 0.1) is 18.1 Å². The molecule has 0 spiro atoms. The smallest absolute Gasteiger partial charge is 0.0798 e. The summed E-state index contributed by atoms with van der Waals surface area (Å²) in [6, 6.07) is 63.2. The van der Waals surface area contributed by atoms with Crippen LogP contribution in [0.1, 0.15) is 70.1 Å². The molecule has 0 saturated carbocycles. The van der Waals surface area contributed by atoms with E-state index < -0.39 is 8.07 Å². The molecular formula is C61H59IrN3SSi-2. The second kappa shape index (κ2) is 20.2. The van der Waals surface area contributed by atoms with E-state index in [1.165, 1.54) is 70.0 Å². The number of imidazole rings is 1. The standard InChI is InChI=1S/C43H35N2S.C18H24NSi.Ir/c1-27(2)33-14-10-15-34(28(3)4)41(33)45-39-19-9-8-18-38(39)44-43(45)36-17-11-16-35-37-26-32(24-25-40(37)46-42(35)36)31-22-20-30(21-23-31)29-12-6-5-7-13-29;1-14(2)11-16-12-17(15-9-7-6-8-10-15)19-13-18(16)20(3,4)5;/h5-16,18-28H,1-4H3;6-9,12-14H,11H2,1-5H3;/q2*-1;. The van der Waals surface area contributed by atoms with E-state index in [2.05, 4.69) is 229 Å². The number of nitrogens with zero attached hydrogens (tertiary/aromatic N) is 3. The second-order valence-corrected chi connectivity index (χ2v) is 25.6. The maximum atomic E-state index is 5.32. The van der Waals surface area contributed by atoms with Gasteiger partial charge in [-0.25, -0.2) is 0 Å². The molecule has 10 aromatic rings. The Bertz CT molecular complexity index is 3260. The number of hydrogen-bond donors (Lipinski definition) is 0. The normalized spacial score (nSPS) is 11.7. The van der Waals surface area contributed by atoms with Crippen molar-refractivity contribution in [3.05, 3.63) is 193 Å². The second-order valence-electron chi connectivity index (χ2n) is 19.6. The van der Waals surface area contributed by atoms with Crippen LogP contribution in [0.2, 0.25) is 19.6 Å². The molecule has 0 N–H and O–H groups in total. The molecule has 7 aromatic carbocycles. The third-order valence-electron chi connectivity index (χ3n) is 12.5. The van der Waals surface area contributed by atoms with Crippen molar-refractivity contribution in [1.82, 2.24) is 14.5 Å². The fourth-order valence-corrected chi connectivity index (χ4v) is 12.0. The summed E-state index contributed by atoms with van der Waals surface area (Å²) in [7, 11) is -1.34. The topological polar surface area (TPSA) is 30.7 Å². The van der Waals surface area contributed by atoms with Crippen molar-refractivity contribution >= 4 is 55.8 Å². The summed E-state index contributed by atoms with van der Waals surface area (Å²) in [5.74, 6) is 2.35. The molecule has 3 aromatic heterocycles. The van der Waals surface area contributed by atoms with E-state index in [-0.39, 0.29) is 20.1 Å². The van der Waals surface area contributed by atoms with Crippen LogP contribution in [-0.2, 0) is 26.5 Å². The van der Waals surface area contributed by atoms with Crippen LogP contribution in [-0.4, -0.2) is 22.6 Å². The van der Waals surface area contributed by atoms with E-state index in [0.29, 0.717) is 17.8 Å². The van der Waals surface area contributed by atoms with Crippen LogP contribution in [0.25, 0.3) is 81.8 Å². The zero-order valence-corrected chi connectivity index (χ0v) is 44.3. The largest absolute Gasteiger partial charge is 0.333 e. The summed E-state index contributed by atoms with van der Waals surface area (Å²) in [6.07, 6.45) is 3.24. The van der Waals surface area contributed by atoms with E-state index in [1.807, 2.05) is 29.5 Å². The Labute approximate surface area is 416 Å². The van der Waals surface area contributed by atoms with Gasteiger partial charge in [-0.05, 0) is 103 Å². The number of rotatable bonds is 10. The van der Waals surface area contributed by atoms with Gasteiger partial charge in [-0.1, -0.05) is 175 Å². The number of para-hydroxylation sites is 3. The molecule has 10 rings (SSSR count). The molecular weight excluding hydrogens is 1030 g/mol. The van der Waals surface area contributed by atoms with Crippen LogP contribution in [0.15, 0.2) is 164 Å². The minimum absolute atomic E-state index is 0. The van der Waals surface area contributed by atoms with Crippen molar-refractivity contribution in [2.24, 2.45) is 5.92 Å². The average Bonchev–Trinajstić information content (AvgIpc) is 3.90. The van der Waals surface area contributed by atoms with Gasteiger partial charge in [0.15, 0.2) is 0 Å². The van der Waals surface area contributed by atoms with Crippen molar-refractivity contribution in [3.63, 3.8) is 0 Å². The molecule has 0 fully saturated rings. The molecule has 3 nitrogen and oxygen atoms in total. The molecule has 67 heavy (non-hydrogen) atoms. The van der Waals surface area contributed by atoms with Crippen molar-refractivity contribution in [2.45, 2.75) is 79.4 Å². The van der Waals surface area contributed by atoms with Gasteiger partial charge in [0, 0.05) is 36.7 Å². The first-order valence-corrected chi connectivity index (χ1v) is 27.8. The van der Waals surface area contributed by atoms with Crippen molar-refractivity contribution in [1.29, 1.82) is 0 Å². The molecule has 0 aliphatic rings. The molecule has 339 valence electrons. The number of aromatic nitrogens is 3. The summed E-state index contributed by atoms with van der Waals surface area (Å²) in [5.41, 5.74) is 15.6. The summed E-state index contributed by atoms with van der Waals surface area (Å²) in [4.78, 5) is 10.0. The monoisotopic (exact) mass is 1090 g/mol. The van der Waals surface area contributed by atoms with Gasteiger partial charge in [-0.3, -0.25) is 4.98 Å². The van der Waals surface area contributed by atoms with E-state index in [4.69, 9.17) is 4.98 Å². The van der Waals surface area contributed by atoms with E-state index in [9.17, 15) is 0 Å². The molecule has 0 atom stereocenters. The number of fused-ring (bicyclic) bond motifs is 4. The predicted octanol–water partition coefficient (Wildman–Crippen LogP) is 16.7. The van der Waals surface area contributed by atoms with Gasteiger partial charge >= 0.3 is 0 Å². The van der Waals surface area contributed by atoms with Crippen LogP contribution in [0.4, 0.5) is 0 Å². The Kier molecular flexibility index (Phi) is 14.4. The molecule has 1 radical (unpaired) electrons. The third-order valence-corrected chi connectivity index (χ3v) is 15.8. The van der Waals surface area contributed by atoms with Gasteiger partial charge in [0.25, 0.3) is 0 Å². The summed E-state index contributed by atoms with van der Waals surface area (Å²) in [6.45, 7) is 20.9. The third kappa shape index (κ3) is 9.96. The summed E-state index contributed by atoms with van der Waals surface area (Å²) < 4.78 is 4.91. The van der Waals surface area contributed by atoms with Crippen molar-refractivity contribution in [3.8, 4) is 50.6 Å². The zero-order valence-electron chi connectivity index (χ0n) is 40.1. The average molecular weight is 1090 g/mol. The Morgan fingerprint density at radius 1 is 0.612 bits per heavy atom. The van der Waals surface area contributed by atoms with E-state index >= 15 is 0 Å². The minimum Gasteiger partial charge on any atom is -0.333 e.